The van der Waals surface area contributed by atoms with E-state index in [9.17, 15) is 4.39 Å². The Balaban J connectivity index is 2.50. The fourth-order valence-corrected chi connectivity index (χ4v) is 1.70. The number of alkyl halides is 1. The Labute approximate surface area is 74.9 Å². The molecule has 1 fully saturated rings. The summed E-state index contributed by atoms with van der Waals surface area (Å²) < 4.78 is 13.1. The second kappa shape index (κ2) is 3.73. The third-order valence-electron chi connectivity index (χ3n) is 3.09. The van der Waals surface area contributed by atoms with Gasteiger partial charge in [-0.25, -0.2) is 4.39 Å². The molecule has 1 aliphatic heterocycles. The van der Waals surface area contributed by atoms with Crippen molar-refractivity contribution < 1.29 is 4.39 Å². The average Bonchev–Trinajstić information content (AvgIpc) is 2.05. The lowest BCUT2D eigenvalue weighted by Gasteiger charge is -2.41. The van der Waals surface area contributed by atoms with Crippen LogP contribution in [0, 0.1) is 0 Å². The van der Waals surface area contributed by atoms with Gasteiger partial charge in [0.2, 0.25) is 0 Å². The normalized spacial score (nSPS) is 27.5. The second-order valence-electron chi connectivity index (χ2n) is 4.35. The molecule has 1 unspecified atom stereocenters. The van der Waals surface area contributed by atoms with Crippen LogP contribution in [0.3, 0.4) is 0 Å². The van der Waals surface area contributed by atoms with E-state index in [0.29, 0.717) is 6.54 Å². The summed E-state index contributed by atoms with van der Waals surface area (Å²) in [5.41, 5.74) is 0.185. The molecule has 0 aliphatic carbocycles. The van der Waals surface area contributed by atoms with Crippen molar-refractivity contribution in [1.82, 2.24) is 4.90 Å². The number of piperidine rings is 1. The zero-order valence-corrected chi connectivity index (χ0v) is 8.44. The Morgan fingerprint density at radius 1 is 1.50 bits per heavy atom. The first kappa shape index (κ1) is 9.97. The molecule has 0 amide bonds. The summed E-state index contributed by atoms with van der Waals surface area (Å²) in [6, 6.07) is 0. The van der Waals surface area contributed by atoms with Crippen molar-refractivity contribution in [2.45, 2.75) is 51.7 Å². The molecule has 1 rings (SSSR count). The summed E-state index contributed by atoms with van der Waals surface area (Å²) in [6.07, 6.45) is 2.28. The third kappa shape index (κ3) is 2.19. The van der Waals surface area contributed by atoms with Crippen LogP contribution in [0.4, 0.5) is 4.39 Å². The first-order chi connectivity index (χ1) is 5.56. The maximum atomic E-state index is 13.1. The van der Waals surface area contributed by atoms with Gasteiger partial charge in [0.15, 0.2) is 0 Å². The Kier molecular flexibility index (Phi) is 3.10. The molecule has 1 nitrogen and oxygen atoms in total. The summed E-state index contributed by atoms with van der Waals surface area (Å²) >= 11 is 0. The van der Waals surface area contributed by atoms with E-state index in [1.165, 1.54) is 0 Å². The van der Waals surface area contributed by atoms with Crippen LogP contribution in [-0.2, 0) is 0 Å². The standard InChI is InChI=1S/C10H20FN/c1-4-10(2,3)12-7-5-6-9(11)8-12/h9H,4-8H2,1-3H3. The number of rotatable bonds is 2. The Bertz CT molecular complexity index is 145. The van der Waals surface area contributed by atoms with E-state index in [1.54, 1.807) is 0 Å². The van der Waals surface area contributed by atoms with Crippen LogP contribution in [0.25, 0.3) is 0 Å². The third-order valence-corrected chi connectivity index (χ3v) is 3.09. The van der Waals surface area contributed by atoms with Crippen molar-refractivity contribution in [3.8, 4) is 0 Å². The smallest absolute Gasteiger partial charge is 0.113 e. The highest BCUT2D eigenvalue weighted by Gasteiger charge is 2.29. The van der Waals surface area contributed by atoms with Gasteiger partial charge in [-0.3, -0.25) is 4.90 Å². The first-order valence-electron chi connectivity index (χ1n) is 4.95. The van der Waals surface area contributed by atoms with E-state index in [2.05, 4.69) is 25.7 Å². The molecule has 0 saturated carbocycles. The quantitative estimate of drug-likeness (QED) is 0.620. The minimum Gasteiger partial charge on any atom is -0.295 e. The molecule has 0 aromatic heterocycles. The molecule has 1 atom stereocenters. The highest BCUT2D eigenvalue weighted by Crippen LogP contribution is 2.24. The van der Waals surface area contributed by atoms with Crippen LogP contribution >= 0.6 is 0 Å². The predicted molar refractivity (Wildman–Crippen MR) is 50.1 cm³/mol. The van der Waals surface area contributed by atoms with E-state index >= 15 is 0 Å². The van der Waals surface area contributed by atoms with Gasteiger partial charge in [0, 0.05) is 12.1 Å². The zero-order valence-electron chi connectivity index (χ0n) is 8.44. The lowest BCUT2D eigenvalue weighted by molar-refractivity contribution is 0.0496. The fourth-order valence-electron chi connectivity index (χ4n) is 1.70. The van der Waals surface area contributed by atoms with Gasteiger partial charge in [0.25, 0.3) is 0 Å². The van der Waals surface area contributed by atoms with E-state index in [1.807, 2.05) is 0 Å². The van der Waals surface area contributed by atoms with Crippen LogP contribution in [0.5, 0.6) is 0 Å². The molecule has 0 aromatic carbocycles. The SMILES string of the molecule is CCC(C)(C)N1CCCC(F)C1. The molecule has 72 valence electrons. The highest BCUT2D eigenvalue weighted by atomic mass is 19.1. The first-order valence-corrected chi connectivity index (χ1v) is 4.95. The number of hydrogen-bond donors (Lipinski definition) is 0. The van der Waals surface area contributed by atoms with Crippen LogP contribution in [0.15, 0.2) is 0 Å². The number of likely N-dealkylation sites (tertiary alicyclic amines) is 1. The van der Waals surface area contributed by atoms with Crippen LogP contribution in [0.2, 0.25) is 0 Å². The molecule has 12 heavy (non-hydrogen) atoms. The lowest BCUT2D eigenvalue weighted by Crippen LogP contribution is -2.49. The highest BCUT2D eigenvalue weighted by molar-refractivity contribution is 4.84. The summed E-state index contributed by atoms with van der Waals surface area (Å²) in [6.45, 7) is 8.28. The maximum absolute atomic E-state index is 13.1. The second-order valence-corrected chi connectivity index (χ2v) is 4.35. The van der Waals surface area contributed by atoms with Crippen molar-refractivity contribution >= 4 is 0 Å². The Morgan fingerprint density at radius 2 is 2.17 bits per heavy atom. The molecule has 1 saturated heterocycles. The molecule has 0 bridgehead atoms. The van der Waals surface area contributed by atoms with E-state index in [-0.39, 0.29) is 5.54 Å². The largest absolute Gasteiger partial charge is 0.295 e. The van der Waals surface area contributed by atoms with E-state index in [0.717, 1.165) is 25.8 Å². The molecule has 0 N–H and O–H groups in total. The summed E-state index contributed by atoms with van der Waals surface area (Å²) in [7, 11) is 0. The topological polar surface area (TPSA) is 3.24 Å². The van der Waals surface area contributed by atoms with E-state index in [4.69, 9.17) is 0 Å². The van der Waals surface area contributed by atoms with Crippen LogP contribution in [0.1, 0.15) is 40.0 Å². The number of nitrogens with zero attached hydrogens (tertiary/aromatic N) is 1. The van der Waals surface area contributed by atoms with Gasteiger partial charge < -0.3 is 0 Å². The van der Waals surface area contributed by atoms with Gasteiger partial charge in [-0.15, -0.1) is 0 Å². The fraction of sp³-hybridized carbons (Fsp3) is 1.00. The van der Waals surface area contributed by atoms with Gasteiger partial charge in [0.1, 0.15) is 6.17 Å². The van der Waals surface area contributed by atoms with Gasteiger partial charge in [0.05, 0.1) is 0 Å². The molecule has 2 heteroatoms. The van der Waals surface area contributed by atoms with Gasteiger partial charge >= 0.3 is 0 Å². The average molecular weight is 173 g/mol. The molecule has 0 radical (unpaired) electrons. The van der Waals surface area contributed by atoms with Crippen LogP contribution in [-0.4, -0.2) is 29.7 Å². The van der Waals surface area contributed by atoms with Crippen molar-refractivity contribution in [2.75, 3.05) is 13.1 Å². The van der Waals surface area contributed by atoms with Crippen LogP contribution < -0.4 is 0 Å². The molecule has 0 spiro atoms. The molecular formula is C10H20FN. The predicted octanol–water partition coefficient (Wildman–Crippen LogP) is 2.61. The Morgan fingerprint density at radius 3 is 2.67 bits per heavy atom. The molecule has 1 aliphatic rings. The monoisotopic (exact) mass is 173 g/mol. The summed E-state index contributed by atoms with van der Waals surface area (Å²) in [4.78, 5) is 2.28. The van der Waals surface area contributed by atoms with Crippen molar-refractivity contribution in [1.29, 1.82) is 0 Å². The van der Waals surface area contributed by atoms with Crippen molar-refractivity contribution in [3.05, 3.63) is 0 Å². The minimum atomic E-state index is -0.593. The zero-order chi connectivity index (χ0) is 9.19. The minimum absolute atomic E-state index is 0.185. The van der Waals surface area contributed by atoms with Gasteiger partial charge in [-0.05, 0) is 39.7 Å². The maximum Gasteiger partial charge on any atom is 0.113 e. The molecular weight excluding hydrogens is 153 g/mol. The van der Waals surface area contributed by atoms with Crippen molar-refractivity contribution in [3.63, 3.8) is 0 Å². The van der Waals surface area contributed by atoms with E-state index < -0.39 is 6.17 Å². The Hall–Kier alpha value is -0.110. The molecule has 0 aromatic rings. The number of halogens is 1. The van der Waals surface area contributed by atoms with Crippen molar-refractivity contribution in [2.24, 2.45) is 0 Å². The summed E-state index contributed by atoms with van der Waals surface area (Å²) in [5.74, 6) is 0. The number of hydrogen-bond acceptors (Lipinski definition) is 1. The summed E-state index contributed by atoms with van der Waals surface area (Å²) in [5, 5.41) is 0. The lowest BCUT2D eigenvalue weighted by atomic mass is 9.95. The molecule has 1 heterocycles. The van der Waals surface area contributed by atoms with Gasteiger partial charge in [-0.1, -0.05) is 6.92 Å². The van der Waals surface area contributed by atoms with Gasteiger partial charge in [-0.2, -0.15) is 0 Å².